The van der Waals surface area contributed by atoms with Crippen molar-refractivity contribution in [3.8, 4) is 0 Å². The number of aliphatic imine (C=N–C) groups is 1. The predicted octanol–water partition coefficient (Wildman–Crippen LogP) is 2.56. The summed E-state index contributed by atoms with van der Waals surface area (Å²) in [6, 6.07) is 10.3. The summed E-state index contributed by atoms with van der Waals surface area (Å²) in [5.74, 6) is 0.856. The topological polar surface area (TPSA) is 47.8 Å². The molecule has 0 radical (unpaired) electrons. The molecule has 0 bridgehead atoms. The van der Waals surface area contributed by atoms with Crippen LogP contribution < -0.4 is 15.5 Å². The van der Waals surface area contributed by atoms with E-state index in [0.29, 0.717) is 0 Å². The molecule has 7 heteroatoms. The summed E-state index contributed by atoms with van der Waals surface area (Å²) in [6.07, 6.45) is 5.27. The third kappa shape index (κ3) is 6.17. The maximum absolute atomic E-state index is 6.11. The SMILES string of the molecule is CN=C(NCCCN1CCN(c2cccc(Cl)c2)CC1)NCc1ccn(C)c1. The summed E-state index contributed by atoms with van der Waals surface area (Å²) >= 11 is 6.11. The van der Waals surface area contributed by atoms with Crippen LogP contribution in [0.15, 0.2) is 47.7 Å². The molecule has 2 aromatic rings. The molecule has 28 heavy (non-hydrogen) atoms. The minimum absolute atomic E-state index is 0.784. The fourth-order valence-electron chi connectivity index (χ4n) is 3.48. The number of halogens is 1. The van der Waals surface area contributed by atoms with Crippen LogP contribution in [0.1, 0.15) is 12.0 Å². The summed E-state index contributed by atoms with van der Waals surface area (Å²) in [5, 5.41) is 7.57. The largest absolute Gasteiger partial charge is 0.369 e. The molecule has 0 atom stereocenters. The monoisotopic (exact) mass is 402 g/mol. The quantitative estimate of drug-likeness (QED) is 0.424. The third-order valence-electron chi connectivity index (χ3n) is 5.07. The Morgan fingerprint density at radius 2 is 1.96 bits per heavy atom. The molecule has 1 fully saturated rings. The lowest BCUT2D eigenvalue weighted by molar-refractivity contribution is 0.255. The van der Waals surface area contributed by atoms with E-state index in [1.54, 1.807) is 0 Å². The lowest BCUT2D eigenvalue weighted by atomic mass is 10.2. The Balaban J connectivity index is 1.31. The van der Waals surface area contributed by atoms with Gasteiger partial charge in [0.05, 0.1) is 0 Å². The molecule has 1 aromatic heterocycles. The van der Waals surface area contributed by atoms with Crippen molar-refractivity contribution in [2.75, 3.05) is 51.2 Å². The van der Waals surface area contributed by atoms with E-state index in [1.165, 1.54) is 11.3 Å². The van der Waals surface area contributed by atoms with Crippen LogP contribution in [-0.4, -0.2) is 61.7 Å². The predicted molar refractivity (Wildman–Crippen MR) is 118 cm³/mol. The third-order valence-corrected chi connectivity index (χ3v) is 5.30. The lowest BCUT2D eigenvalue weighted by Gasteiger charge is -2.36. The van der Waals surface area contributed by atoms with Crippen LogP contribution in [-0.2, 0) is 13.6 Å². The summed E-state index contributed by atoms with van der Waals surface area (Å²) in [4.78, 5) is 9.24. The second-order valence-electron chi connectivity index (χ2n) is 7.20. The molecule has 0 amide bonds. The number of aromatic nitrogens is 1. The van der Waals surface area contributed by atoms with Crippen molar-refractivity contribution in [1.82, 2.24) is 20.1 Å². The zero-order valence-corrected chi connectivity index (χ0v) is 17.6. The van der Waals surface area contributed by atoms with Crippen molar-refractivity contribution in [1.29, 1.82) is 0 Å². The molecule has 1 saturated heterocycles. The van der Waals surface area contributed by atoms with Crippen molar-refractivity contribution in [3.63, 3.8) is 0 Å². The van der Waals surface area contributed by atoms with Crippen LogP contribution in [0.3, 0.4) is 0 Å². The van der Waals surface area contributed by atoms with Gasteiger partial charge in [0.25, 0.3) is 0 Å². The molecule has 3 rings (SSSR count). The van der Waals surface area contributed by atoms with Crippen LogP contribution in [0.2, 0.25) is 5.02 Å². The van der Waals surface area contributed by atoms with Crippen LogP contribution in [0.4, 0.5) is 5.69 Å². The van der Waals surface area contributed by atoms with Crippen molar-refractivity contribution in [2.45, 2.75) is 13.0 Å². The Morgan fingerprint density at radius 3 is 2.64 bits per heavy atom. The molecule has 0 spiro atoms. The number of nitrogens with one attached hydrogen (secondary N) is 2. The van der Waals surface area contributed by atoms with Gasteiger partial charge >= 0.3 is 0 Å². The van der Waals surface area contributed by atoms with E-state index in [-0.39, 0.29) is 0 Å². The number of aryl methyl sites for hydroxylation is 1. The van der Waals surface area contributed by atoms with Gasteiger partial charge in [0.15, 0.2) is 5.96 Å². The molecule has 6 nitrogen and oxygen atoms in total. The fraction of sp³-hybridized carbons (Fsp3) is 0.476. The number of hydrogen-bond donors (Lipinski definition) is 2. The average molecular weight is 403 g/mol. The van der Waals surface area contributed by atoms with Gasteiger partial charge in [0.2, 0.25) is 0 Å². The van der Waals surface area contributed by atoms with Crippen LogP contribution in [0.25, 0.3) is 0 Å². The van der Waals surface area contributed by atoms with Gasteiger partial charge < -0.3 is 20.1 Å². The van der Waals surface area contributed by atoms with Gasteiger partial charge in [0.1, 0.15) is 0 Å². The molecular weight excluding hydrogens is 372 g/mol. The number of rotatable bonds is 7. The molecule has 0 aliphatic carbocycles. The number of anilines is 1. The number of benzene rings is 1. The van der Waals surface area contributed by atoms with Gasteiger partial charge in [0, 0.05) is 76.5 Å². The number of guanidine groups is 1. The first-order valence-corrected chi connectivity index (χ1v) is 10.3. The van der Waals surface area contributed by atoms with Gasteiger partial charge in [-0.25, -0.2) is 0 Å². The molecule has 0 unspecified atom stereocenters. The van der Waals surface area contributed by atoms with E-state index in [2.05, 4.69) is 60.6 Å². The molecule has 152 valence electrons. The normalized spacial score (nSPS) is 15.7. The Morgan fingerprint density at radius 1 is 1.14 bits per heavy atom. The number of nitrogens with zero attached hydrogens (tertiary/aromatic N) is 4. The standard InChI is InChI=1S/C21H31ClN6/c1-23-21(25-16-18-7-10-26(2)17-18)24-8-4-9-27-11-13-28(14-12-27)20-6-3-5-19(22)15-20/h3,5-7,10,15,17H,4,8-9,11-14,16H2,1-2H3,(H2,23,24,25). The molecule has 1 aromatic carbocycles. The minimum Gasteiger partial charge on any atom is -0.369 e. The number of piperazine rings is 1. The van der Waals surface area contributed by atoms with Crippen molar-refractivity contribution in [3.05, 3.63) is 53.3 Å². The number of hydrogen-bond acceptors (Lipinski definition) is 3. The van der Waals surface area contributed by atoms with Crippen molar-refractivity contribution < 1.29 is 0 Å². The first-order valence-electron chi connectivity index (χ1n) is 9.92. The average Bonchev–Trinajstić information content (AvgIpc) is 3.13. The van der Waals surface area contributed by atoms with Gasteiger partial charge in [-0.05, 0) is 42.8 Å². The fourth-order valence-corrected chi connectivity index (χ4v) is 3.67. The Hall–Kier alpha value is -2.18. The van der Waals surface area contributed by atoms with E-state index in [1.807, 2.05) is 26.2 Å². The summed E-state index contributed by atoms with van der Waals surface area (Å²) in [5.41, 5.74) is 2.48. The molecule has 1 aliphatic rings. The second kappa shape index (κ2) is 10.4. The highest BCUT2D eigenvalue weighted by Gasteiger charge is 2.16. The lowest BCUT2D eigenvalue weighted by Crippen LogP contribution is -2.47. The Kier molecular flexibility index (Phi) is 7.62. The second-order valence-corrected chi connectivity index (χ2v) is 7.64. The molecule has 2 N–H and O–H groups in total. The van der Waals surface area contributed by atoms with Gasteiger partial charge in [-0.3, -0.25) is 9.89 Å². The maximum atomic E-state index is 6.11. The highest BCUT2D eigenvalue weighted by Crippen LogP contribution is 2.20. The van der Waals surface area contributed by atoms with Crippen molar-refractivity contribution >= 4 is 23.2 Å². The first kappa shape index (κ1) is 20.6. The van der Waals surface area contributed by atoms with Crippen LogP contribution >= 0.6 is 11.6 Å². The first-order chi connectivity index (χ1) is 13.6. The van der Waals surface area contributed by atoms with E-state index >= 15 is 0 Å². The zero-order chi connectivity index (χ0) is 19.8. The van der Waals surface area contributed by atoms with E-state index in [9.17, 15) is 0 Å². The van der Waals surface area contributed by atoms with Crippen LogP contribution in [0, 0.1) is 0 Å². The molecule has 1 aliphatic heterocycles. The summed E-state index contributed by atoms with van der Waals surface area (Å²) in [6.45, 7) is 7.09. The Labute approximate surface area is 173 Å². The van der Waals surface area contributed by atoms with Gasteiger partial charge in [-0.15, -0.1) is 0 Å². The zero-order valence-electron chi connectivity index (χ0n) is 16.9. The maximum Gasteiger partial charge on any atom is 0.191 e. The Bertz CT molecular complexity index is 764. The van der Waals surface area contributed by atoms with Gasteiger partial charge in [-0.1, -0.05) is 17.7 Å². The highest BCUT2D eigenvalue weighted by molar-refractivity contribution is 6.30. The van der Waals surface area contributed by atoms with E-state index in [0.717, 1.165) is 63.2 Å². The van der Waals surface area contributed by atoms with Crippen molar-refractivity contribution in [2.24, 2.45) is 12.0 Å². The smallest absolute Gasteiger partial charge is 0.191 e. The molecule has 2 heterocycles. The molecule has 0 saturated carbocycles. The van der Waals surface area contributed by atoms with Crippen LogP contribution in [0.5, 0.6) is 0 Å². The van der Waals surface area contributed by atoms with E-state index in [4.69, 9.17) is 11.6 Å². The highest BCUT2D eigenvalue weighted by atomic mass is 35.5. The molecular formula is C21H31ClN6. The van der Waals surface area contributed by atoms with E-state index < -0.39 is 0 Å². The summed E-state index contributed by atoms with van der Waals surface area (Å²) < 4.78 is 2.05. The minimum atomic E-state index is 0.784. The van der Waals surface area contributed by atoms with Gasteiger partial charge in [-0.2, -0.15) is 0 Å². The summed E-state index contributed by atoms with van der Waals surface area (Å²) in [7, 11) is 3.85.